The van der Waals surface area contributed by atoms with Crippen LogP contribution < -0.4 is 4.90 Å². The molecule has 0 atom stereocenters. The van der Waals surface area contributed by atoms with E-state index in [2.05, 4.69) is 4.98 Å². The van der Waals surface area contributed by atoms with Crippen LogP contribution in [0.4, 0.5) is 5.13 Å². The van der Waals surface area contributed by atoms with E-state index in [1.165, 1.54) is 27.8 Å². The first-order valence-electron chi connectivity index (χ1n) is 11.1. The third kappa shape index (κ3) is 5.25. The van der Waals surface area contributed by atoms with Crippen LogP contribution in [0.2, 0.25) is 0 Å². The molecule has 10 heteroatoms. The quantitative estimate of drug-likeness (QED) is 0.276. The number of aromatic nitrogens is 2. The van der Waals surface area contributed by atoms with Gasteiger partial charge in [-0.1, -0.05) is 37.3 Å². The third-order valence-electron chi connectivity index (χ3n) is 5.57. The van der Waals surface area contributed by atoms with Crippen LogP contribution in [0, 0.1) is 0 Å². The molecule has 0 saturated heterocycles. The summed E-state index contributed by atoms with van der Waals surface area (Å²) in [5.74, 6) is -0.259. The highest BCUT2D eigenvalue weighted by Gasteiger charge is 2.25. The lowest BCUT2D eigenvalue weighted by molar-refractivity contribution is 0.0985. The Morgan fingerprint density at radius 1 is 1.03 bits per heavy atom. The largest absolute Gasteiger partial charge is 0.279 e. The average Bonchev–Trinajstić information content (AvgIpc) is 3.32. The topological polar surface area (TPSA) is 83.5 Å². The highest BCUT2D eigenvalue weighted by molar-refractivity contribution is 7.98. The van der Waals surface area contributed by atoms with E-state index in [9.17, 15) is 13.2 Å². The maximum atomic E-state index is 13.7. The summed E-state index contributed by atoms with van der Waals surface area (Å²) in [4.78, 5) is 25.5. The molecule has 1 amide bonds. The van der Waals surface area contributed by atoms with Gasteiger partial charge < -0.3 is 0 Å². The van der Waals surface area contributed by atoms with Crippen LogP contribution in [0.3, 0.4) is 0 Å². The molecular weight excluding hydrogens is 501 g/mol. The molecule has 0 aliphatic rings. The van der Waals surface area contributed by atoms with Gasteiger partial charge in [0.25, 0.3) is 5.91 Å². The zero-order chi connectivity index (χ0) is 25.0. The van der Waals surface area contributed by atoms with Gasteiger partial charge in [0.15, 0.2) is 5.13 Å². The SMILES string of the molecule is CCN(CC)S(=O)(=O)c1ccc(C(=O)N(Cc2cccnc2)c2nc3c(SC)cccc3s2)cc1. The van der Waals surface area contributed by atoms with Crippen molar-refractivity contribution < 1.29 is 13.2 Å². The van der Waals surface area contributed by atoms with E-state index in [-0.39, 0.29) is 10.8 Å². The van der Waals surface area contributed by atoms with E-state index in [0.717, 1.165) is 20.7 Å². The molecule has 35 heavy (non-hydrogen) atoms. The molecule has 0 radical (unpaired) electrons. The average molecular weight is 527 g/mol. The number of rotatable bonds is 9. The van der Waals surface area contributed by atoms with E-state index < -0.39 is 10.0 Å². The minimum atomic E-state index is -3.60. The number of hydrogen-bond donors (Lipinski definition) is 0. The summed E-state index contributed by atoms with van der Waals surface area (Å²) in [6, 6.07) is 15.8. The molecule has 0 fully saturated rings. The number of amides is 1. The van der Waals surface area contributed by atoms with Gasteiger partial charge in [-0.25, -0.2) is 13.4 Å². The van der Waals surface area contributed by atoms with Crippen LogP contribution in [0.25, 0.3) is 10.2 Å². The summed E-state index contributed by atoms with van der Waals surface area (Å²) in [7, 11) is -3.60. The lowest BCUT2D eigenvalue weighted by Gasteiger charge is -2.21. The first-order chi connectivity index (χ1) is 16.9. The number of para-hydroxylation sites is 1. The molecule has 0 N–H and O–H groups in total. The molecule has 2 aromatic heterocycles. The van der Waals surface area contributed by atoms with Gasteiger partial charge in [0.2, 0.25) is 10.0 Å². The lowest BCUT2D eigenvalue weighted by Crippen LogP contribution is -2.31. The molecule has 0 saturated carbocycles. The summed E-state index contributed by atoms with van der Waals surface area (Å²) in [5, 5.41) is 0.579. The van der Waals surface area contributed by atoms with E-state index in [4.69, 9.17) is 4.98 Å². The molecule has 2 heterocycles. The van der Waals surface area contributed by atoms with E-state index in [1.54, 1.807) is 55.0 Å². The van der Waals surface area contributed by atoms with Gasteiger partial charge in [-0.2, -0.15) is 4.31 Å². The second-order valence-corrected chi connectivity index (χ2v) is 11.5. The molecule has 0 aliphatic heterocycles. The third-order valence-corrected chi connectivity index (χ3v) is 9.45. The molecule has 4 aromatic rings. The second kappa shape index (κ2) is 10.9. The molecule has 2 aromatic carbocycles. The highest BCUT2D eigenvalue weighted by atomic mass is 32.2. The highest BCUT2D eigenvalue weighted by Crippen LogP contribution is 2.35. The van der Waals surface area contributed by atoms with E-state index in [0.29, 0.717) is 30.3 Å². The van der Waals surface area contributed by atoms with Crippen molar-refractivity contribution in [2.45, 2.75) is 30.2 Å². The Morgan fingerprint density at radius 2 is 1.77 bits per heavy atom. The standard InChI is InChI=1S/C25H26N4O3S3/c1-4-28(5-2)35(31,32)20-13-11-19(12-14-20)24(30)29(17-18-8-7-15-26-16-18)25-27-23-21(33-3)9-6-10-22(23)34-25/h6-16H,4-5,17H2,1-3H3. The Hall–Kier alpha value is -2.79. The summed E-state index contributed by atoms with van der Waals surface area (Å²) in [5.41, 5.74) is 2.12. The number of thiazole rings is 1. The number of carbonyl (C=O) groups is 1. The number of hydrogen-bond acceptors (Lipinski definition) is 7. The lowest BCUT2D eigenvalue weighted by atomic mass is 10.2. The van der Waals surface area contributed by atoms with Gasteiger partial charge in [0, 0.05) is 35.9 Å². The number of nitrogens with zero attached hydrogens (tertiary/aromatic N) is 4. The zero-order valence-electron chi connectivity index (χ0n) is 19.7. The monoisotopic (exact) mass is 526 g/mol. The van der Waals surface area contributed by atoms with Gasteiger partial charge >= 0.3 is 0 Å². The van der Waals surface area contributed by atoms with Gasteiger partial charge in [-0.15, -0.1) is 11.8 Å². The smallest absolute Gasteiger partial charge is 0.260 e. The number of pyridine rings is 1. The number of thioether (sulfide) groups is 1. The van der Waals surface area contributed by atoms with Crippen molar-refractivity contribution in [2.75, 3.05) is 24.2 Å². The molecule has 0 spiro atoms. The number of carbonyl (C=O) groups excluding carboxylic acids is 1. The Labute approximate surface area is 213 Å². The predicted molar refractivity (Wildman–Crippen MR) is 143 cm³/mol. The zero-order valence-corrected chi connectivity index (χ0v) is 22.2. The Bertz CT molecular complexity index is 1420. The number of benzene rings is 2. The first-order valence-corrected chi connectivity index (χ1v) is 14.6. The maximum Gasteiger partial charge on any atom is 0.260 e. The Balaban J connectivity index is 1.72. The van der Waals surface area contributed by atoms with Crippen LogP contribution in [0.5, 0.6) is 0 Å². The fourth-order valence-corrected chi connectivity index (χ4v) is 6.81. The van der Waals surface area contributed by atoms with Crippen molar-refractivity contribution in [3.63, 3.8) is 0 Å². The van der Waals surface area contributed by atoms with Crippen molar-refractivity contribution in [3.05, 3.63) is 78.1 Å². The number of anilines is 1. The number of sulfonamides is 1. The number of fused-ring (bicyclic) bond motifs is 1. The first kappa shape index (κ1) is 25.3. The molecule has 7 nitrogen and oxygen atoms in total. The molecule has 4 rings (SSSR count). The van der Waals surface area contributed by atoms with Crippen LogP contribution in [0.1, 0.15) is 29.8 Å². The Kier molecular flexibility index (Phi) is 7.85. The molecule has 0 unspecified atom stereocenters. The molecule has 0 aliphatic carbocycles. The summed E-state index contributed by atoms with van der Waals surface area (Å²) in [6.45, 7) is 4.66. The van der Waals surface area contributed by atoms with Gasteiger partial charge in [-0.3, -0.25) is 14.7 Å². The Morgan fingerprint density at radius 3 is 2.40 bits per heavy atom. The van der Waals surface area contributed by atoms with Crippen LogP contribution >= 0.6 is 23.1 Å². The molecular formula is C25H26N4O3S3. The van der Waals surface area contributed by atoms with Crippen molar-refractivity contribution in [1.82, 2.24) is 14.3 Å². The predicted octanol–water partition coefficient (Wildman–Crippen LogP) is 5.29. The van der Waals surface area contributed by atoms with Gasteiger partial charge in [-0.05, 0) is 54.3 Å². The fraction of sp³-hybridized carbons (Fsp3) is 0.240. The van der Waals surface area contributed by atoms with Gasteiger partial charge in [0.05, 0.1) is 21.7 Å². The second-order valence-electron chi connectivity index (χ2n) is 7.67. The normalized spacial score (nSPS) is 11.8. The van der Waals surface area contributed by atoms with E-state index >= 15 is 0 Å². The van der Waals surface area contributed by atoms with Crippen LogP contribution in [-0.4, -0.2) is 47.9 Å². The van der Waals surface area contributed by atoms with Crippen LogP contribution in [-0.2, 0) is 16.6 Å². The molecule has 182 valence electrons. The molecule has 0 bridgehead atoms. The van der Waals surface area contributed by atoms with Gasteiger partial charge in [0.1, 0.15) is 0 Å². The fourth-order valence-electron chi connectivity index (χ4n) is 3.73. The van der Waals surface area contributed by atoms with Crippen molar-refractivity contribution in [2.24, 2.45) is 0 Å². The summed E-state index contributed by atoms with van der Waals surface area (Å²) >= 11 is 3.06. The van der Waals surface area contributed by atoms with Crippen molar-refractivity contribution >= 4 is 54.4 Å². The van der Waals surface area contributed by atoms with Crippen molar-refractivity contribution in [1.29, 1.82) is 0 Å². The van der Waals surface area contributed by atoms with Crippen molar-refractivity contribution in [3.8, 4) is 0 Å². The summed E-state index contributed by atoms with van der Waals surface area (Å²) < 4.78 is 28.1. The van der Waals surface area contributed by atoms with E-state index in [1.807, 2.05) is 36.6 Å². The summed E-state index contributed by atoms with van der Waals surface area (Å²) in [6.07, 6.45) is 5.41. The minimum absolute atomic E-state index is 0.168. The maximum absolute atomic E-state index is 13.7. The van der Waals surface area contributed by atoms with Crippen LogP contribution in [0.15, 0.2) is 76.8 Å². The minimum Gasteiger partial charge on any atom is -0.279 e.